The van der Waals surface area contributed by atoms with E-state index in [2.05, 4.69) is 12.6 Å². The van der Waals surface area contributed by atoms with Crippen molar-refractivity contribution in [2.45, 2.75) is 13.0 Å². The first-order valence-corrected chi connectivity index (χ1v) is 6.06. The Morgan fingerprint density at radius 1 is 1.41 bits per heavy atom. The summed E-state index contributed by atoms with van der Waals surface area (Å²) < 4.78 is 26.4. The first-order valence-electron chi connectivity index (χ1n) is 5.43. The number of nitrogens with zero attached hydrogens (tertiary/aromatic N) is 1. The number of carbonyl (C=O) groups is 1. The lowest BCUT2D eigenvalue weighted by molar-refractivity contribution is -0.128. The summed E-state index contributed by atoms with van der Waals surface area (Å²) in [5, 5.41) is 0. The fraction of sp³-hybridized carbons (Fsp3) is 0.417. The third-order valence-electron chi connectivity index (χ3n) is 2.95. The molecule has 2 nitrogen and oxygen atoms in total. The van der Waals surface area contributed by atoms with E-state index in [1.807, 2.05) is 0 Å². The average molecular weight is 257 g/mol. The first-order chi connectivity index (χ1) is 8.11. The van der Waals surface area contributed by atoms with E-state index < -0.39 is 11.6 Å². The van der Waals surface area contributed by atoms with Gasteiger partial charge in [0, 0.05) is 25.1 Å². The quantitative estimate of drug-likeness (QED) is 0.823. The van der Waals surface area contributed by atoms with Crippen molar-refractivity contribution in [3.8, 4) is 0 Å². The molecule has 1 unspecified atom stereocenters. The number of thiol groups is 1. The van der Waals surface area contributed by atoms with Crippen LogP contribution in [-0.4, -0.2) is 23.1 Å². The summed E-state index contributed by atoms with van der Waals surface area (Å²) in [5.74, 6) is -0.918. The Hall–Kier alpha value is -1.10. The van der Waals surface area contributed by atoms with Crippen LogP contribution in [0.15, 0.2) is 18.2 Å². The second kappa shape index (κ2) is 5.04. The predicted octanol–water partition coefficient (Wildman–Crippen LogP) is 2.24. The van der Waals surface area contributed by atoms with Gasteiger partial charge in [-0.25, -0.2) is 8.78 Å². The Morgan fingerprint density at radius 3 is 2.82 bits per heavy atom. The molecule has 0 aliphatic carbocycles. The van der Waals surface area contributed by atoms with Gasteiger partial charge in [0.2, 0.25) is 5.91 Å². The molecular formula is C12H13F2NOS. The van der Waals surface area contributed by atoms with E-state index in [9.17, 15) is 13.6 Å². The summed E-state index contributed by atoms with van der Waals surface area (Å²) in [5.41, 5.74) is 0.221. The number of halogens is 2. The maximum Gasteiger partial charge on any atom is 0.223 e. The van der Waals surface area contributed by atoms with Crippen molar-refractivity contribution in [2.75, 3.05) is 12.3 Å². The Morgan fingerprint density at radius 2 is 2.18 bits per heavy atom. The highest BCUT2D eigenvalue weighted by molar-refractivity contribution is 7.80. The zero-order valence-electron chi connectivity index (χ0n) is 9.20. The largest absolute Gasteiger partial charge is 0.338 e. The molecule has 1 aliphatic heterocycles. The molecule has 5 heteroatoms. The van der Waals surface area contributed by atoms with E-state index in [1.165, 1.54) is 12.1 Å². The zero-order chi connectivity index (χ0) is 12.4. The minimum absolute atomic E-state index is 0.0206. The SMILES string of the molecule is O=C1CC(CS)CN1Cc1cccc(F)c1F. The molecule has 0 aromatic heterocycles. The van der Waals surface area contributed by atoms with Crippen LogP contribution in [0.3, 0.4) is 0 Å². The van der Waals surface area contributed by atoms with Crippen molar-refractivity contribution in [2.24, 2.45) is 5.92 Å². The average Bonchev–Trinajstić information content (AvgIpc) is 2.66. The Labute approximate surface area is 104 Å². The van der Waals surface area contributed by atoms with Crippen LogP contribution in [-0.2, 0) is 11.3 Å². The molecule has 1 heterocycles. The minimum Gasteiger partial charge on any atom is -0.338 e. The molecule has 1 fully saturated rings. The summed E-state index contributed by atoms with van der Waals surface area (Å²) >= 11 is 4.15. The van der Waals surface area contributed by atoms with Gasteiger partial charge in [-0.1, -0.05) is 12.1 Å². The Kier molecular flexibility index (Phi) is 3.66. The van der Waals surface area contributed by atoms with Crippen LogP contribution in [0, 0.1) is 17.6 Å². The third kappa shape index (κ3) is 2.60. The molecule has 17 heavy (non-hydrogen) atoms. The molecule has 0 spiro atoms. The molecule has 1 aliphatic rings. The monoisotopic (exact) mass is 257 g/mol. The maximum absolute atomic E-state index is 13.4. The lowest BCUT2D eigenvalue weighted by atomic mass is 10.1. The molecule has 1 aromatic carbocycles. The van der Waals surface area contributed by atoms with Crippen molar-refractivity contribution >= 4 is 18.5 Å². The van der Waals surface area contributed by atoms with Gasteiger partial charge in [-0.2, -0.15) is 12.6 Å². The third-order valence-corrected chi connectivity index (χ3v) is 3.46. The van der Waals surface area contributed by atoms with Crippen molar-refractivity contribution < 1.29 is 13.6 Å². The number of likely N-dealkylation sites (tertiary alicyclic amines) is 1. The first kappa shape index (κ1) is 12.4. The highest BCUT2D eigenvalue weighted by Gasteiger charge is 2.29. The van der Waals surface area contributed by atoms with Gasteiger partial charge in [0.05, 0.1) is 0 Å². The highest BCUT2D eigenvalue weighted by Crippen LogP contribution is 2.22. The van der Waals surface area contributed by atoms with E-state index in [0.717, 1.165) is 6.07 Å². The van der Waals surface area contributed by atoms with Gasteiger partial charge in [0.15, 0.2) is 11.6 Å². The van der Waals surface area contributed by atoms with Gasteiger partial charge in [-0.15, -0.1) is 0 Å². The molecule has 0 radical (unpaired) electrons. The molecule has 0 bridgehead atoms. The van der Waals surface area contributed by atoms with E-state index in [0.29, 0.717) is 18.7 Å². The van der Waals surface area contributed by atoms with Crippen molar-refractivity contribution in [1.82, 2.24) is 4.90 Å². The van der Waals surface area contributed by atoms with E-state index in [4.69, 9.17) is 0 Å². The second-order valence-corrected chi connectivity index (χ2v) is 4.61. The molecule has 0 N–H and O–H groups in total. The lowest BCUT2D eigenvalue weighted by Crippen LogP contribution is -2.25. The number of benzene rings is 1. The van der Waals surface area contributed by atoms with Gasteiger partial charge in [-0.05, 0) is 17.7 Å². The van der Waals surface area contributed by atoms with Gasteiger partial charge in [0.1, 0.15) is 0 Å². The smallest absolute Gasteiger partial charge is 0.223 e. The lowest BCUT2D eigenvalue weighted by Gasteiger charge is -2.16. The Bertz CT molecular complexity index is 439. The zero-order valence-corrected chi connectivity index (χ0v) is 10.1. The van der Waals surface area contributed by atoms with Gasteiger partial charge < -0.3 is 4.90 Å². The molecule has 0 saturated carbocycles. The number of hydrogen-bond acceptors (Lipinski definition) is 2. The summed E-state index contributed by atoms with van der Waals surface area (Å²) in [6.07, 6.45) is 0.445. The molecule has 1 saturated heterocycles. The van der Waals surface area contributed by atoms with E-state index >= 15 is 0 Å². The molecule has 1 amide bonds. The van der Waals surface area contributed by atoms with Crippen molar-refractivity contribution in [1.29, 1.82) is 0 Å². The van der Waals surface area contributed by atoms with Crippen LogP contribution in [0.5, 0.6) is 0 Å². The summed E-state index contributed by atoms with van der Waals surface area (Å²) in [7, 11) is 0. The normalized spacial score (nSPS) is 20.1. The van der Waals surface area contributed by atoms with Crippen LogP contribution >= 0.6 is 12.6 Å². The maximum atomic E-state index is 13.4. The van der Waals surface area contributed by atoms with Crippen LogP contribution in [0.4, 0.5) is 8.78 Å². The topological polar surface area (TPSA) is 20.3 Å². The van der Waals surface area contributed by atoms with Crippen molar-refractivity contribution in [3.63, 3.8) is 0 Å². The Balaban J connectivity index is 2.11. The minimum atomic E-state index is -0.875. The van der Waals surface area contributed by atoms with E-state index in [-0.39, 0.29) is 23.9 Å². The van der Waals surface area contributed by atoms with Crippen LogP contribution < -0.4 is 0 Å². The molecule has 2 rings (SSSR count). The van der Waals surface area contributed by atoms with Crippen LogP contribution in [0.25, 0.3) is 0 Å². The van der Waals surface area contributed by atoms with Crippen LogP contribution in [0.2, 0.25) is 0 Å². The number of carbonyl (C=O) groups excluding carboxylic acids is 1. The van der Waals surface area contributed by atoms with Crippen molar-refractivity contribution in [3.05, 3.63) is 35.4 Å². The summed E-state index contributed by atoms with van der Waals surface area (Å²) in [6.45, 7) is 0.699. The van der Waals surface area contributed by atoms with Gasteiger partial charge >= 0.3 is 0 Å². The van der Waals surface area contributed by atoms with E-state index in [1.54, 1.807) is 4.90 Å². The van der Waals surface area contributed by atoms with Crippen LogP contribution in [0.1, 0.15) is 12.0 Å². The number of hydrogen-bond donors (Lipinski definition) is 1. The molecule has 1 aromatic rings. The fourth-order valence-corrected chi connectivity index (χ4v) is 2.25. The summed E-state index contributed by atoms with van der Waals surface area (Å²) in [4.78, 5) is 13.2. The predicted molar refractivity (Wildman–Crippen MR) is 63.7 cm³/mol. The van der Waals surface area contributed by atoms with Gasteiger partial charge in [0.25, 0.3) is 0 Å². The molecule has 1 atom stereocenters. The highest BCUT2D eigenvalue weighted by atomic mass is 32.1. The second-order valence-electron chi connectivity index (χ2n) is 4.24. The molecule has 92 valence electrons. The van der Waals surface area contributed by atoms with Gasteiger partial charge in [-0.3, -0.25) is 4.79 Å². The molecular weight excluding hydrogens is 244 g/mol. The number of amides is 1. The fourth-order valence-electron chi connectivity index (χ4n) is 2.01. The standard InChI is InChI=1S/C12H13F2NOS/c13-10-3-1-2-9(12(10)14)6-15-5-8(7-17)4-11(15)16/h1-3,8,17H,4-7H2. The summed E-state index contributed by atoms with van der Waals surface area (Å²) in [6, 6.07) is 4.02. The number of rotatable bonds is 3.